The van der Waals surface area contributed by atoms with E-state index in [0.717, 1.165) is 38.5 Å². The first-order chi connectivity index (χ1) is 25.0. The van der Waals surface area contributed by atoms with Crippen molar-refractivity contribution >= 4 is 25.5 Å². The molecule has 0 radical (unpaired) electrons. The van der Waals surface area contributed by atoms with Crippen LogP contribution in [0, 0.1) is 11.8 Å². The minimum absolute atomic E-state index is 0.00242. The number of carbonyl (C=O) groups excluding carboxylic acids is 3. The molecule has 52 heavy (non-hydrogen) atoms. The molecular formula is C39H70NO11P. The van der Waals surface area contributed by atoms with Crippen molar-refractivity contribution in [3.63, 3.8) is 0 Å². The van der Waals surface area contributed by atoms with Gasteiger partial charge in [0.25, 0.3) is 0 Å². The number of allylic oxidation sites excluding steroid dienone is 2. The van der Waals surface area contributed by atoms with E-state index in [1.165, 1.54) is 44.9 Å². The molecule has 1 aliphatic rings. The number of ketones is 1. The van der Waals surface area contributed by atoms with Gasteiger partial charge in [0.1, 0.15) is 12.4 Å². The van der Waals surface area contributed by atoms with Crippen LogP contribution in [0.4, 0.5) is 0 Å². The molecule has 0 saturated heterocycles. The Morgan fingerprint density at radius 2 is 1.48 bits per heavy atom. The smallest absolute Gasteiger partial charge is 0.462 e. The molecule has 1 unspecified atom stereocenters. The van der Waals surface area contributed by atoms with E-state index in [4.69, 9.17) is 24.3 Å². The standard InChI is InChI=1S/C39H70NO11P/c1-3-5-7-8-9-10-11-12-13-14-20-24-39(45)51-33(31-50-52(46,47)49-28-27-40)30-48-38(44)23-19-16-15-18-22-34-35(37(43)29-36(34)42)26-25-32(41)21-17-6-4-2/h15,18,25-26,32-35,37,41,43H,3-14,16-17,19-24,27-31,40H2,1-2H3,(H,46,47)/b18-15-,26-25+/t32-,33+,34+,35+,37+/m0/s1. The van der Waals surface area contributed by atoms with E-state index in [9.17, 15) is 34.1 Å². The van der Waals surface area contributed by atoms with E-state index in [1.807, 2.05) is 12.2 Å². The van der Waals surface area contributed by atoms with E-state index in [1.54, 1.807) is 12.2 Å². The van der Waals surface area contributed by atoms with E-state index >= 15 is 0 Å². The second-order valence-corrected chi connectivity index (χ2v) is 15.4. The van der Waals surface area contributed by atoms with Gasteiger partial charge in [0.05, 0.1) is 25.4 Å². The summed E-state index contributed by atoms with van der Waals surface area (Å²) in [5.41, 5.74) is 5.32. The molecule has 0 aromatic rings. The molecule has 6 atom stereocenters. The Hall–Kier alpha value is -1.92. The number of unbranched alkanes of at least 4 members (excludes halogenated alkanes) is 13. The number of rotatable bonds is 33. The van der Waals surface area contributed by atoms with Crippen LogP contribution in [0.5, 0.6) is 0 Å². The van der Waals surface area contributed by atoms with Gasteiger partial charge in [-0.3, -0.25) is 23.4 Å². The summed E-state index contributed by atoms with van der Waals surface area (Å²) >= 11 is 0. The van der Waals surface area contributed by atoms with Crippen molar-refractivity contribution < 1.29 is 52.6 Å². The first kappa shape index (κ1) is 48.1. The number of esters is 2. The van der Waals surface area contributed by atoms with Crippen LogP contribution in [0.25, 0.3) is 0 Å². The normalized spacial score (nSPS) is 20.0. The number of Topliss-reactive ketones (excluding diaryl/α,β-unsaturated/α-hetero) is 1. The lowest BCUT2D eigenvalue weighted by Crippen LogP contribution is -2.29. The molecule has 0 aliphatic heterocycles. The molecule has 5 N–H and O–H groups in total. The van der Waals surface area contributed by atoms with Crippen LogP contribution in [0.1, 0.15) is 149 Å². The Morgan fingerprint density at radius 1 is 0.865 bits per heavy atom. The zero-order valence-electron chi connectivity index (χ0n) is 32.0. The van der Waals surface area contributed by atoms with Crippen molar-refractivity contribution in [3.05, 3.63) is 24.3 Å². The molecule has 0 spiro atoms. The largest absolute Gasteiger partial charge is 0.472 e. The maximum absolute atomic E-state index is 12.5. The summed E-state index contributed by atoms with van der Waals surface area (Å²) in [7, 11) is -4.43. The fraction of sp³-hybridized carbons (Fsp3) is 0.821. The topological polar surface area (TPSA) is 192 Å². The molecule has 0 bridgehead atoms. The van der Waals surface area contributed by atoms with Crippen molar-refractivity contribution in [1.82, 2.24) is 0 Å². The van der Waals surface area contributed by atoms with Gasteiger partial charge in [-0.2, -0.15) is 0 Å². The quantitative estimate of drug-likeness (QED) is 0.0224. The van der Waals surface area contributed by atoms with Gasteiger partial charge >= 0.3 is 19.8 Å². The van der Waals surface area contributed by atoms with Crippen molar-refractivity contribution in [2.24, 2.45) is 17.6 Å². The molecule has 0 amide bonds. The highest BCUT2D eigenvalue weighted by atomic mass is 31.2. The van der Waals surface area contributed by atoms with Crippen LogP contribution in [0.15, 0.2) is 24.3 Å². The zero-order chi connectivity index (χ0) is 38.5. The monoisotopic (exact) mass is 759 g/mol. The minimum Gasteiger partial charge on any atom is -0.462 e. The van der Waals surface area contributed by atoms with Crippen LogP contribution in [0.3, 0.4) is 0 Å². The van der Waals surface area contributed by atoms with Gasteiger partial charge in [0.2, 0.25) is 0 Å². The molecule has 0 heterocycles. The number of hydrogen-bond acceptors (Lipinski definition) is 11. The number of hydrogen-bond donors (Lipinski definition) is 4. The lowest BCUT2D eigenvalue weighted by molar-refractivity contribution is -0.161. The third kappa shape index (κ3) is 24.4. The summed E-state index contributed by atoms with van der Waals surface area (Å²) < 4.78 is 32.6. The molecule has 13 heteroatoms. The van der Waals surface area contributed by atoms with Gasteiger partial charge < -0.3 is 30.3 Å². The summed E-state index contributed by atoms with van der Waals surface area (Å²) in [4.78, 5) is 47.4. The van der Waals surface area contributed by atoms with Crippen LogP contribution in [-0.4, -0.2) is 77.5 Å². The fourth-order valence-electron chi connectivity index (χ4n) is 6.14. The maximum atomic E-state index is 12.5. The summed E-state index contributed by atoms with van der Waals surface area (Å²) in [6, 6.07) is 0. The third-order valence-corrected chi connectivity index (χ3v) is 10.2. The Morgan fingerprint density at radius 3 is 2.13 bits per heavy atom. The van der Waals surface area contributed by atoms with Crippen molar-refractivity contribution in [2.45, 2.75) is 167 Å². The molecule has 1 saturated carbocycles. The number of aliphatic hydroxyl groups is 2. The first-order valence-corrected chi connectivity index (χ1v) is 21.4. The van der Waals surface area contributed by atoms with Gasteiger partial charge in [-0.1, -0.05) is 122 Å². The number of phosphoric ester groups is 1. The molecule has 302 valence electrons. The minimum atomic E-state index is -4.43. The lowest BCUT2D eigenvalue weighted by atomic mass is 9.90. The Balaban J connectivity index is 2.46. The number of carbonyl (C=O) groups is 3. The van der Waals surface area contributed by atoms with Crippen LogP contribution >= 0.6 is 7.82 Å². The van der Waals surface area contributed by atoms with Crippen molar-refractivity contribution in [1.29, 1.82) is 0 Å². The molecule has 1 aliphatic carbocycles. The predicted molar refractivity (Wildman–Crippen MR) is 202 cm³/mol. The second kappa shape index (κ2) is 30.4. The Labute approximate surface area is 312 Å². The molecule has 1 fully saturated rings. The summed E-state index contributed by atoms with van der Waals surface area (Å²) in [5.74, 6) is -1.73. The third-order valence-electron chi connectivity index (χ3n) is 9.21. The number of aliphatic hydroxyl groups excluding tert-OH is 2. The molecule has 12 nitrogen and oxygen atoms in total. The van der Waals surface area contributed by atoms with Gasteiger partial charge in [-0.15, -0.1) is 0 Å². The maximum Gasteiger partial charge on any atom is 0.472 e. The molecular weight excluding hydrogens is 689 g/mol. The van der Waals surface area contributed by atoms with Gasteiger partial charge in [-0.05, 0) is 32.1 Å². The highest BCUT2D eigenvalue weighted by molar-refractivity contribution is 7.47. The van der Waals surface area contributed by atoms with Crippen LogP contribution in [-0.2, 0) is 37.5 Å². The Bertz CT molecular complexity index is 1070. The lowest BCUT2D eigenvalue weighted by Gasteiger charge is -2.19. The van der Waals surface area contributed by atoms with Crippen LogP contribution in [0.2, 0.25) is 0 Å². The summed E-state index contributed by atoms with van der Waals surface area (Å²) in [6.07, 6.45) is 22.9. The number of nitrogens with two attached hydrogens (primary N) is 1. The average Bonchev–Trinajstić information content (AvgIpc) is 3.38. The second-order valence-electron chi connectivity index (χ2n) is 13.9. The van der Waals surface area contributed by atoms with E-state index in [2.05, 4.69) is 13.8 Å². The molecule has 1 rings (SSSR count). The van der Waals surface area contributed by atoms with Crippen molar-refractivity contribution in [3.8, 4) is 0 Å². The fourth-order valence-corrected chi connectivity index (χ4v) is 6.91. The predicted octanol–water partition coefficient (Wildman–Crippen LogP) is 7.41. The first-order valence-electron chi connectivity index (χ1n) is 19.9. The van der Waals surface area contributed by atoms with Gasteiger partial charge in [0, 0.05) is 37.6 Å². The van der Waals surface area contributed by atoms with Gasteiger partial charge in [0.15, 0.2) is 6.10 Å². The Kier molecular flexibility index (Phi) is 28.1. The van der Waals surface area contributed by atoms with E-state index in [0.29, 0.717) is 32.1 Å². The summed E-state index contributed by atoms with van der Waals surface area (Å²) in [6.45, 7) is 3.29. The molecule has 0 aromatic heterocycles. The number of phosphoric acid groups is 1. The average molecular weight is 760 g/mol. The molecule has 0 aromatic carbocycles. The van der Waals surface area contributed by atoms with Gasteiger partial charge in [-0.25, -0.2) is 4.57 Å². The summed E-state index contributed by atoms with van der Waals surface area (Å²) in [5, 5.41) is 20.6. The number of ether oxygens (including phenoxy) is 2. The van der Waals surface area contributed by atoms with Crippen molar-refractivity contribution in [2.75, 3.05) is 26.4 Å². The highest BCUT2D eigenvalue weighted by Crippen LogP contribution is 2.43. The zero-order valence-corrected chi connectivity index (χ0v) is 32.9. The van der Waals surface area contributed by atoms with E-state index in [-0.39, 0.29) is 56.6 Å². The van der Waals surface area contributed by atoms with E-state index < -0.39 is 44.7 Å². The van der Waals surface area contributed by atoms with Crippen LogP contribution < -0.4 is 5.73 Å². The SMILES string of the molecule is CCCCCCCCCCCCCC(=O)O[C@H](COC(=O)CCC/C=C\C[C@H]1C(=O)C[C@@H](O)[C@@H]1/C=C/[C@@H](O)CCCCC)COP(=O)(O)OCCN. The highest BCUT2D eigenvalue weighted by Gasteiger charge is 2.39.